The number of likely N-dealkylation sites (N-methyl/N-ethyl adjacent to an activating group) is 1. The Morgan fingerprint density at radius 2 is 2.05 bits per heavy atom. The maximum absolute atomic E-state index is 12.9. The quantitative estimate of drug-likeness (QED) is 0.867. The fraction of sp³-hybridized carbons (Fsp3) is 0.471. The van der Waals surface area contributed by atoms with Gasteiger partial charge in [0.25, 0.3) is 0 Å². The maximum Gasteiger partial charge on any atom is 0.249 e. The van der Waals surface area contributed by atoms with E-state index in [0.717, 1.165) is 24.8 Å². The lowest BCUT2D eigenvalue weighted by Gasteiger charge is -2.23. The molecule has 2 rings (SSSR count). The summed E-state index contributed by atoms with van der Waals surface area (Å²) in [6.07, 6.45) is 4.29. The van der Waals surface area contributed by atoms with Crippen LogP contribution in [-0.2, 0) is 4.79 Å². The van der Waals surface area contributed by atoms with Crippen LogP contribution in [0.3, 0.4) is 0 Å². The van der Waals surface area contributed by atoms with Crippen LogP contribution < -0.4 is 0 Å². The number of benzene rings is 1. The van der Waals surface area contributed by atoms with E-state index in [-0.39, 0.29) is 23.7 Å². The molecular formula is C17H22FNO2. The smallest absolute Gasteiger partial charge is 0.249 e. The van der Waals surface area contributed by atoms with Crippen LogP contribution in [0, 0.1) is 11.7 Å². The van der Waals surface area contributed by atoms with Gasteiger partial charge in [0.2, 0.25) is 5.91 Å². The standard InChI is InChI=1S/C17H22FNO2/c1-12(10-13-6-8-15(18)9-7-13)17(21)19(2)11-14-4-3-5-16(14)20/h6-10,14,16,20H,3-5,11H2,1-2H3/b12-10+. The molecule has 1 aromatic carbocycles. The third kappa shape index (κ3) is 4.14. The van der Waals surface area contributed by atoms with Crippen molar-refractivity contribution < 1.29 is 14.3 Å². The molecule has 1 N–H and O–H groups in total. The number of hydrogen-bond donors (Lipinski definition) is 1. The molecule has 0 saturated heterocycles. The Labute approximate surface area is 125 Å². The first-order chi connectivity index (χ1) is 9.97. The summed E-state index contributed by atoms with van der Waals surface area (Å²) in [6.45, 7) is 2.34. The van der Waals surface area contributed by atoms with Gasteiger partial charge in [-0.2, -0.15) is 0 Å². The van der Waals surface area contributed by atoms with E-state index in [2.05, 4.69) is 0 Å². The van der Waals surface area contributed by atoms with Crippen LogP contribution >= 0.6 is 0 Å². The van der Waals surface area contributed by atoms with Gasteiger partial charge in [0, 0.05) is 25.1 Å². The van der Waals surface area contributed by atoms with Crippen LogP contribution in [0.25, 0.3) is 6.08 Å². The molecule has 0 heterocycles. The zero-order valence-electron chi connectivity index (χ0n) is 12.6. The molecule has 0 radical (unpaired) electrons. The monoisotopic (exact) mass is 291 g/mol. The summed E-state index contributed by atoms with van der Waals surface area (Å²) in [7, 11) is 1.76. The van der Waals surface area contributed by atoms with Crippen LogP contribution in [0.1, 0.15) is 31.7 Å². The van der Waals surface area contributed by atoms with E-state index in [4.69, 9.17) is 0 Å². The summed E-state index contributed by atoms with van der Waals surface area (Å²) in [6, 6.07) is 6.05. The topological polar surface area (TPSA) is 40.5 Å². The van der Waals surface area contributed by atoms with E-state index >= 15 is 0 Å². The van der Waals surface area contributed by atoms with Gasteiger partial charge in [-0.3, -0.25) is 4.79 Å². The van der Waals surface area contributed by atoms with E-state index in [1.807, 2.05) is 0 Å². The van der Waals surface area contributed by atoms with Gasteiger partial charge in [0.15, 0.2) is 0 Å². The Morgan fingerprint density at radius 1 is 1.38 bits per heavy atom. The first-order valence-electron chi connectivity index (χ1n) is 7.35. The summed E-state index contributed by atoms with van der Waals surface area (Å²) in [5.41, 5.74) is 1.41. The minimum absolute atomic E-state index is 0.0570. The summed E-state index contributed by atoms with van der Waals surface area (Å²) < 4.78 is 12.9. The summed E-state index contributed by atoms with van der Waals surface area (Å²) >= 11 is 0. The number of aliphatic hydroxyl groups is 1. The largest absolute Gasteiger partial charge is 0.393 e. The molecular weight excluding hydrogens is 269 g/mol. The van der Waals surface area contributed by atoms with Crippen LogP contribution in [0.4, 0.5) is 4.39 Å². The highest BCUT2D eigenvalue weighted by Gasteiger charge is 2.27. The predicted molar refractivity (Wildman–Crippen MR) is 81.0 cm³/mol. The summed E-state index contributed by atoms with van der Waals surface area (Å²) in [5.74, 6) is -0.167. The molecule has 4 heteroatoms. The van der Waals surface area contributed by atoms with Crippen molar-refractivity contribution >= 4 is 12.0 Å². The Hall–Kier alpha value is -1.68. The molecule has 0 aliphatic heterocycles. The number of amides is 1. The molecule has 1 aliphatic rings. The number of carbonyl (C=O) groups is 1. The van der Waals surface area contributed by atoms with E-state index in [9.17, 15) is 14.3 Å². The maximum atomic E-state index is 12.9. The van der Waals surface area contributed by atoms with Crippen molar-refractivity contribution in [2.75, 3.05) is 13.6 Å². The van der Waals surface area contributed by atoms with Crippen molar-refractivity contribution in [1.29, 1.82) is 0 Å². The van der Waals surface area contributed by atoms with Crippen molar-refractivity contribution in [2.45, 2.75) is 32.3 Å². The highest BCUT2D eigenvalue weighted by atomic mass is 19.1. The van der Waals surface area contributed by atoms with Crippen LogP contribution in [0.2, 0.25) is 0 Å². The van der Waals surface area contributed by atoms with Gasteiger partial charge in [-0.15, -0.1) is 0 Å². The average molecular weight is 291 g/mol. The Bertz CT molecular complexity index is 524. The lowest BCUT2D eigenvalue weighted by molar-refractivity contribution is -0.126. The van der Waals surface area contributed by atoms with E-state index < -0.39 is 0 Å². The first-order valence-corrected chi connectivity index (χ1v) is 7.35. The second-order valence-corrected chi connectivity index (χ2v) is 5.82. The number of aliphatic hydroxyl groups excluding tert-OH is 1. The van der Waals surface area contributed by atoms with Gasteiger partial charge < -0.3 is 10.0 Å². The fourth-order valence-corrected chi connectivity index (χ4v) is 2.84. The molecule has 1 aromatic rings. The molecule has 1 saturated carbocycles. The molecule has 1 fully saturated rings. The first kappa shape index (κ1) is 15.7. The third-order valence-electron chi connectivity index (χ3n) is 4.06. The fourth-order valence-electron chi connectivity index (χ4n) is 2.84. The van der Waals surface area contributed by atoms with Crippen molar-refractivity contribution in [3.63, 3.8) is 0 Å². The molecule has 2 atom stereocenters. The van der Waals surface area contributed by atoms with Crippen molar-refractivity contribution in [1.82, 2.24) is 4.90 Å². The number of carbonyl (C=O) groups excluding carboxylic acids is 1. The number of hydrogen-bond acceptors (Lipinski definition) is 2. The molecule has 1 aliphatic carbocycles. The SMILES string of the molecule is C/C(=C\c1ccc(F)cc1)C(=O)N(C)CC1CCCC1O. The zero-order valence-corrected chi connectivity index (χ0v) is 12.6. The normalized spacial score (nSPS) is 22.4. The van der Waals surface area contributed by atoms with Gasteiger partial charge in [-0.1, -0.05) is 18.6 Å². The molecule has 3 nitrogen and oxygen atoms in total. The van der Waals surface area contributed by atoms with Gasteiger partial charge in [0.05, 0.1) is 6.10 Å². The second-order valence-electron chi connectivity index (χ2n) is 5.82. The van der Waals surface area contributed by atoms with E-state index in [1.165, 1.54) is 12.1 Å². The molecule has 1 amide bonds. The zero-order chi connectivity index (χ0) is 15.4. The minimum Gasteiger partial charge on any atom is -0.393 e. The highest BCUT2D eigenvalue weighted by molar-refractivity contribution is 5.97. The molecule has 114 valence electrons. The van der Waals surface area contributed by atoms with Crippen LogP contribution in [0.5, 0.6) is 0 Å². The minimum atomic E-state index is -0.290. The number of halogens is 1. The number of rotatable bonds is 4. The Morgan fingerprint density at radius 3 is 2.62 bits per heavy atom. The molecule has 0 aromatic heterocycles. The van der Waals surface area contributed by atoms with Gasteiger partial charge in [0.1, 0.15) is 5.82 Å². The lowest BCUT2D eigenvalue weighted by atomic mass is 10.0. The molecule has 0 spiro atoms. The van der Waals surface area contributed by atoms with Crippen molar-refractivity contribution in [3.8, 4) is 0 Å². The third-order valence-corrected chi connectivity index (χ3v) is 4.06. The Balaban J connectivity index is 1.99. The van der Waals surface area contributed by atoms with Gasteiger partial charge in [-0.25, -0.2) is 4.39 Å². The number of nitrogens with zero attached hydrogens (tertiary/aromatic N) is 1. The molecule has 2 unspecified atom stereocenters. The molecule has 0 bridgehead atoms. The summed E-state index contributed by atoms with van der Waals surface area (Å²) in [4.78, 5) is 14.0. The van der Waals surface area contributed by atoms with Gasteiger partial charge in [-0.05, 0) is 43.5 Å². The van der Waals surface area contributed by atoms with Crippen LogP contribution in [0.15, 0.2) is 29.8 Å². The molecule has 21 heavy (non-hydrogen) atoms. The predicted octanol–water partition coefficient (Wildman–Crippen LogP) is 2.85. The highest BCUT2D eigenvalue weighted by Crippen LogP contribution is 2.26. The van der Waals surface area contributed by atoms with Gasteiger partial charge >= 0.3 is 0 Å². The second kappa shape index (κ2) is 6.85. The van der Waals surface area contributed by atoms with E-state index in [0.29, 0.717) is 12.1 Å². The van der Waals surface area contributed by atoms with Crippen LogP contribution in [-0.4, -0.2) is 35.6 Å². The van der Waals surface area contributed by atoms with Crippen molar-refractivity contribution in [2.24, 2.45) is 5.92 Å². The Kier molecular flexibility index (Phi) is 5.12. The lowest BCUT2D eigenvalue weighted by Crippen LogP contribution is -2.34. The summed E-state index contributed by atoms with van der Waals surface area (Å²) in [5, 5.41) is 9.83. The van der Waals surface area contributed by atoms with E-state index in [1.54, 1.807) is 37.1 Å². The van der Waals surface area contributed by atoms with Crippen molar-refractivity contribution in [3.05, 3.63) is 41.2 Å². The average Bonchev–Trinajstić information content (AvgIpc) is 2.86.